The van der Waals surface area contributed by atoms with E-state index in [9.17, 15) is 5.11 Å². The molecule has 94 valence electrons. The second-order valence-electron chi connectivity index (χ2n) is 5.14. The molecule has 0 bridgehead atoms. The molecule has 1 aromatic rings. The molecule has 2 fully saturated rings. The number of piperazine rings is 1. The third-order valence-corrected chi connectivity index (χ3v) is 3.64. The van der Waals surface area contributed by atoms with Gasteiger partial charge in [0.25, 0.3) is 0 Å². The van der Waals surface area contributed by atoms with E-state index in [2.05, 4.69) is 32.3 Å². The van der Waals surface area contributed by atoms with Gasteiger partial charge in [0.1, 0.15) is 5.82 Å². The summed E-state index contributed by atoms with van der Waals surface area (Å²) >= 11 is 0. The minimum atomic E-state index is -0.146. The molecule has 0 amide bonds. The van der Waals surface area contributed by atoms with Gasteiger partial charge in [-0.3, -0.25) is 5.10 Å². The Bertz CT molecular complexity index is 387. The van der Waals surface area contributed by atoms with Crippen LogP contribution in [0.1, 0.15) is 31.5 Å². The Kier molecular flexibility index (Phi) is 2.76. The molecule has 0 radical (unpaired) electrons. The zero-order valence-corrected chi connectivity index (χ0v) is 10.1. The first-order valence-corrected chi connectivity index (χ1v) is 6.31. The zero-order chi connectivity index (χ0) is 11.8. The van der Waals surface area contributed by atoms with Crippen LogP contribution >= 0.6 is 0 Å². The molecule has 3 N–H and O–H groups in total. The van der Waals surface area contributed by atoms with E-state index in [4.69, 9.17) is 0 Å². The lowest BCUT2D eigenvalue weighted by Gasteiger charge is -2.31. The SMILES string of the molecule is C[C@@H]1CN(c2n[nH]c(C3CC(O)C3)n2)CCN1. The molecule has 1 aromatic heterocycles. The van der Waals surface area contributed by atoms with Crippen molar-refractivity contribution < 1.29 is 5.11 Å². The van der Waals surface area contributed by atoms with Crippen molar-refractivity contribution in [2.75, 3.05) is 24.5 Å². The Morgan fingerprint density at radius 2 is 2.24 bits per heavy atom. The van der Waals surface area contributed by atoms with Crippen LogP contribution in [0.4, 0.5) is 5.95 Å². The number of H-pyrrole nitrogens is 1. The highest BCUT2D eigenvalue weighted by molar-refractivity contribution is 5.31. The summed E-state index contributed by atoms with van der Waals surface area (Å²) in [6.45, 7) is 5.05. The maximum atomic E-state index is 9.29. The van der Waals surface area contributed by atoms with E-state index in [1.807, 2.05) is 0 Å². The molecule has 1 aliphatic heterocycles. The predicted octanol–water partition coefficient (Wildman–Crippen LogP) is -0.159. The van der Waals surface area contributed by atoms with Crippen LogP contribution in [0.2, 0.25) is 0 Å². The maximum absolute atomic E-state index is 9.29. The van der Waals surface area contributed by atoms with Crippen LogP contribution in [0.25, 0.3) is 0 Å². The number of aromatic nitrogens is 3. The maximum Gasteiger partial charge on any atom is 0.244 e. The fourth-order valence-corrected chi connectivity index (χ4v) is 2.51. The van der Waals surface area contributed by atoms with Crippen molar-refractivity contribution in [2.24, 2.45) is 0 Å². The predicted molar refractivity (Wildman–Crippen MR) is 64.0 cm³/mol. The standard InChI is InChI=1S/C11H19N5O/c1-7-6-16(3-2-12-7)11-13-10(14-15-11)8-4-9(17)5-8/h7-9,12,17H,2-6H2,1H3,(H,13,14,15)/t7-,8?,9?/m1/s1. The van der Waals surface area contributed by atoms with Gasteiger partial charge < -0.3 is 15.3 Å². The minimum Gasteiger partial charge on any atom is -0.393 e. The monoisotopic (exact) mass is 237 g/mol. The van der Waals surface area contributed by atoms with Gasteiger partial charge in [-0.1, -0.05) is 0 Å². The summed E-state index contributed by atoms with van der Waals surface area (Å²) in [6.07, 6.45) is 1.48. The number of nitrogens with zero attached hydrogens (tertiary/aromatic N) is 3. The first-order chi connectivity index (χ1) is 8.22. The molecular weight excluding hydrogens is 218 g/mol. The van der Waals surface area contributed by atoms with E-state index < -0.39 is 0 Å². The molecule has 1 aliphatic carbocycles. The zero-order valence-electron chi connectivity index (χ0n) is 10.1. The first-order valence-electron chi connectivity index (χ1n) is 6.31. The molecule has 1 saturated carbocycles. The fourth-order valence-electron chi connectivity index (χ4n) is 2.51. The number of hydrogen-bond acceptors (Lipinski definition) is 5. The van der Waals surface area contributed by atoms with Crippen LogP contribution in [0.5, 0.6) is 0 Å². The van der Waals surface area contributed by atoms with Gasteiger partial charge in [-0.15, -0.1) is 5.10 Å². The number of anilines is 1. The van der Waals surface area contributed by atoms with E-state index >= 15 is 0 Å². The molecule has 0 aromatic carbocycles. The van der Waals surface area contributed by atoms with Crippen LogP contribution in [0.15, 0.2) is 0 Å². The van der Waals surface area contributed by atoms with E-state index in [1.54, 1.807) is 0 Å². The van der Waals surface area contributed by atoms with Gasteiger partial charge in [-0.25, -0.2) is 0 Å². The van der Waals surface area contributed by atoms with E-state index in [1.165, 1.54) is 0 Å². The lowest BCUT2D eigenvalue weighted by molar-refractivity contribution is 0.0718. The largest absolute Gasteiger partial charge is 0.393 e. The summed E-state index contributed by atoms with van der Waals surface area (Å²) in [7, 11) is 0. The number of rotatable bonds is 2. The number of aliphatic hydroxyl groups is 1. The summed E-state index contributed by atoms with van der Waals surface area (Å²) in [4.78, 5) is 6.75. The molecule has 17 heavy (non-hydrogen) atoms. The van der Waals surface area contributed by atoms with Crippen LogP contribution in [-0.4, -0.2) is 52.1 Å². The Balaban J connectivity index is 1.67. The molecule has 0 unspecified atom stereocenters. The van der Waals surface area contributed by atoms with Crippen molar-refractivity contribution in [3.8, 4) is 0 Å². The normalized spacial score (nSPS) is 33.5. The highest BCUT2D eigenvalue weighted by atomic mass is 16.3. The second kappa shape index (κ2) is 4.27. The molecular formula is C11H19N5O. The summed E-state index contributed by atoms with van der Waals surface area (Å²) in [5, 5.41) is 20.0. The Morgan fingerprint density at radius 3 is 2.94 bits per heavy atom. The Morgan fingerprint density at radius 1 is 1.41 bits per heavy atom. The molecule has 1 atom stereocenters. The minimum absolute atomic E-state index is 0.146. The molecule has 2 aliphatic rings. The topological polar surface area (TPSA) is 77.1 Å². The quantitative estimate of drug-likeness (QED) is 0.666. The van der Waals surface area contributed by atoms with Crippen LogP contribution < -0.4 is 10.2 Å². The Hall–Kier alpha value is -1.14. The second-order valence-corrected chi connectivity index (χ2v) is 5.14. The fraction of sp³-hybridized carbons (Fsp3) is 0.818. The van der Waals surface area contributed by atoms with Gasteiger partial charge in [0.15, 0.2) is 0 Å². The summed E-state index contributed by atoms with van der Waals surface area (Å²) in [6, 6.07) is 0.483. The van der Waals surface area contributed by atoms with Crippen molar-refractivity contribution in [1.82, 2.24) is 20.5 Å². The average molecular weight is 237 g/mol. The van der Waals surface area contributed by atoms with Gasteiger partial charge in [0.05, 0.1) is 6.10 Å². The highest BCUT2D eigenvalue weighted by Gasteiger charge is 2.31. The van der Waals surface area contributed by atoms with Crippen molar-refractivity contribution in [1.29, 1.82) is 0 Å². The van der Waals surface area contributed by atoms with Crippen LogP contribution in [0, 0.1) is 0 Å². The van der Waals surface area contributed by atoms with Crippen molar-refractivity contribution in [2.45, 2.75) is 37.8 Å². The third-order valence-electron chi connectivity index (χ3n) is 3.64. The summed E-state index contributed by atoms with van der Waals surface area (Å²) in [5.41, 5.74) is 0. The lowest BCUT2D eigenvalue weighted by Crippen LogP contribution is -2.49. The molecule has 2 heterocycles. The number of nitrogens with one attached hydrogen (secondary N) is 2. The first kappa shape index (κ1) is 11.0. The Labute approximate surface area is 100 Å². The van der Waals surface area contributed by atoms with Gasteiger partial charge in [-0.2, -0.15) is 4.98 Å². The van der Waals surface area contributed by atoms with Crippen LogP contribution in [-0.2, 0) is 0 Å². The lowest BCUT2D eigenvalue weighted by atomic mass is 9.82. The molecule has 0 spiro atoms. The van der Waals surface area contributed by atoms with E-state index in [0.717, 1.165) is 44.2 Å². The molecule has 6 heteroatoms. The van der Waals surface area contributed by atoms with Gasteiger partial charge in [-0.05, 0) is 19.8 Å². The number of aromatic amines is 1. The number of hydrogen-bond donors (Lipinski definition) is 3. The van der Waals surface area contributed by atoms with Gasteiger partial charge >= 0.3 is 0 Å². The summed E-state index contributed by atoms with van der Waals surface area (Å²) in [5.74, 6) is 2.10. The average Bonchev–Trinajstić information content (AvgIpc) is 2.74. The van der Waals surface area contributed by atoms with E-state index in [0.29, 0.717) is 12.0 Å². The van der Waals surface area contributed by atoms with Crippen LogP contribution in [0.3, 0.4) is 0 Å². The van der Waals surface area contributed by atoms with E-state index in [-0.39, 0.29) is 6.10 Å². The van der Waals surface area contributed by atoms with Crippen molar-refractivity contribution in [3.63, 3.8) is 0 Å². The molecule has 3 rings (SSSR count). The van der Waals surface area contributed by atoms with Gasteiger partial charge in [0.2, 0.25) is 5.95 Å². The van der Waals surface area contributed by atoms with Crippen molar-refractivity contribution in [3.05, 3.63) is 5.82 Å². The molecule has 6 nitrogen and oxygen atoms in total. The smallest absolute Gasteiger partial charge is 0.244 e. The highest BCUT2D eigenvalue weighted by Crippen LogP contribution is 2.35. The van der Waals surface area contributed by atoms with Crippen molar-refractivity contribution >= 4 is 5.95 Å². The number of aliphatic hydroxyl groups excluding tert-OH is 1. The van der Waals surface area contributed by atoms with Gasteiger partial charge in [0, 0.05) is 31.6 Å². The third kappa shape index (κ3) is 2.14. The summed E-state index contributed by atoms with van der Waals surface area (Å²) < 4.78 is 0. The molecule has 1 saturated heterocycles.